The molecule has 0 saturated carbocycles. The molecule has 1 heterocycles. The fourth-order valence-electron chi connectivity index (χ4n) is 3.90. The van der Waals surface area contributed by atoms with E-state index in [1.807, 2.05) is 31.2 Å². The van der Waals surface area contributed by atoms with Gasteiger partial charge in [0.2, 0.25) is 5.91 Å². The van der Waals surface area contributed by atoms with Crippen LogP contribution in [-0.2, 0) is 20.7 Å². The van der Waals surface area contributed by atoms with Gasteiger partial charge in [0.15, 0.2) is 0 Å². The lowest BCUT2D eigenvalue weighted by molar-refractivity contribution is -0.150. The predicted molar refractivity (Wildman–Crippen MR) is 130 cm³/mol. The van der Waals surface area contributed by atoms with Gasteiger partial charge in [-0.05, 0) is 49.9 Å². The third-order valence-electron chi connectivity index (χ3n) is 5.94. The molecular formula is C26H31ClN2O5. The van der Waals surface area contributed by atoms with Crippen molar-refractivity contribution < 1.29 is 23.9 Å². The number of rotatable bonds is 9. The minimum absolute atomic E-state index is 0.0695. The molecule has 2 aromatic carbocycles. The molecule has 0 atom stereocenters. The number of ether oxygens (including phenoxy) is 2. The Bertz CT molecular complexity index is 1000. The Morgan fingerprint density at radius 3 is 2.47 bits per heavy atom. The summed E-state index contributed by atoms with van der Waals surface area (Å²) < 4.78 is 10.6. The summed E-state index contributed by atoms with van der Waals surface area (Å²) in [5.74, 6) is -0.319. The van der Waals surface area contributed by atoms with Crippen LogP contribution in [0.3, 0.4) is 0 Å². The molecule has 0 spiro atoms. The summed E-state index contributed by atoms with van der Waals surface area (Å²) in [7, 11) is 1.51. The molecule has 7 nitrogen and oxygen atoms in total. The molecule has 0 bridgehead atoms. The van der Waals surface area contributed by atoms with Crippen molar-refractivity contribution in [2.24, 2.45) is 5.92 Å². The Labute approximate surface area is 205 Å². The van der Waals surface area contributed by atoms with E-state index in [1.54, 1.807) is 23.1 Å². The number of halogens is 1. The second-order valence-electron chi connectivity index (χ2n) is 8.41. The number of hydrogen-bond acceptors (Lipinski definition) is 5. The van der Waals surface area contributed by atoms with Crippen LogP contribution in [0.25, 0.3) is 0 Å². The number of nitrogens with zero attached hydrogens (tertiary/aromatic N) is 1. The molecule has 1 aliphatic heterocycles. The fraction of sp³-hybridized carbons (Fsp3) is 0.423. The number of piperidine rings is 1. The molecule has 34 heavy (non-hydrogen) atoms. The molecule has 1 saturated heterocycles. The van der Waals surface area contributed by atoms with E-state index in [1.165, 1.54) is 12.7 Å². The van der Waals surface area contributed by atoms with Crippen molar-refractivity contribution >= 4 is 29.4 Å². The minimum atomic E-state index is -0.290. The highest BCUT2D eigenvalue weighted by Gasteiger charge is 2.30. The zero-order valence-electron chi connectivity index (χ0n) is 19.6. The van der Waals surface area contributed by atoms with Crippen LogP contribution in [0.5, 0.6) is 5.75 Å². The highest BCUT2D eigenvalue weighted by molar-refractivity contribution is 6.31. The standard InChI is InChI=1S/C26H31ClN2O5/c1-18-3-5-19(6-4-18)7-10-24(30)28-13-16-34-26(32)20-11-14-29(15-12-20)25(31)22-17-21(27)8-9-23(22)33-2/h3-6,8-9,17,20H,7,10-16H2,1-2H3,(H,28,30). The molecular weight excluding hydrogens is 456 g/mol. The number of carbonyl (C=O) groups is 3. The number of aryl methyl sites for hydroxylation is 2. The topological polar surface area (TPSA) is 84.9 Å². The summed E-state index contributed by atoms with van der Waals surface area (Å²) in [4.78, 5) is 39.0. The number of nitrogens with one attached hydrogen (secondary N) is 1. The van der Waals surface area contributed by atoms with Crippen molar-refractivity contribution in [3.63, 3.8) is 0 Å². The van der Waals surface area contributed by atoms with E-state index >= 15 is 0 Å². The summed E-state index contributed by atoms with van der Waals surface area (Å²) in [6.45, 7) is 3.34. The van der Waals surface area contributed by atoms with Crippen LogP contribution in [0, 0.1) is 12.8 Å². The van der Waals surface area contributed by atoms with Gasteiger partial charge in [0, 0.05) is 24.5 Å². The second kappa shape index (κ2) is 12.4. The van der Waals surface area contributed by atoms with Crippen LogP contribution in [0.4, 0.5) is 0 Å². The van der Waals surface area contributed by atoms with Gasteiger partial charge in [-0.25, -0.2) is 0 Å². The quantitative estimate of drug-likeness (QED) is 0.430. The first kappa shape index (κ1) is 25.6. The monoisotopic (exact) mass is 486 g/mol. The van der Waals surface area contributed by atoms with Gasteiger partial charge in [0.1, 0.15) is 12.4 Å². The Kier molecular flexibility index (Phi) is 9.33. The lowest BCUT2D eigenvalue weighted by Crippen LogP contribution is -2.41. The smallest absolute Gasteiger partial charge is 0.309 e. The van der Waals surface area contributed by atoms with E-state index in [0.717, 1.165) is 5.56 Å². The van der Waals surface area contributed by atoms with E-state index in [4.69, 9.17) is 21.1 Å². The molecule has 0 aliphatic carbocycles. The molecule has 3 rings (SSSR count). The maximum atomic E-state index is 12.9. The fourth-order valence-corrected chi connectivity index (χ4v) is 4.07. The summed E-state index contributed by atoms with van der Waals surface area (Å²) in [6.07, 6.45) is 2.11. The lowest BCUT2D eigenvalue weighted by atomic mass is 9.96. The largest absolute Gasteiger partial charge is 0.496 e. The van der Waals surface area contributed by atoms with Crippen LogP contribution in [0.1, 0.15) is 40.7 Å². The van der Waals surface area contributed by atoms with Gasteiger partial charge in [-0.2, -0.15) is 0 Å². The first-order valence-electron chi connectivity index (χ1n) is 11.5. The van der Waals surface area contributed by atoms with Crippen LogP contribution >= 0.6 is 11.6 Å². The Balaban J connectivity index is 1.34. The Morgan fingerprint density at radius 2 is 1.79 bits per heavy atom. The van der Waals surface area contributed by atoms with Gasteiger partial charge in [-0.1, -0.05) is 41.4 Å². The summed E-state index contributed by atoms with van der Waals surface area (Å²) in [6, 6.07) is 13.0. The van der Waals surface area contributed by atoms with E-state index < -0.39 is 0 Å². The molecule has 8 heteroatoms. The number of benzene rings is 2. The van der Waals surface area contributed by atoms with E-state index in [0.29, 0.717) is 55.1 Å². The van der Waals surface area contributed by atoms with E-state index in [9.17, 15) is 14.4 Å². The highest BCUT2D eigenvalue weighted by Crippen LogP contribution is 2.26. The molecule has 0 unspecified atom stereocenters. The van der Waals surface area contributed by atoms with Crippen molar-refractivity contribution in [1.29, 1.82) is 0 Å². The zero-order chi connectivity index (χ0) is 24.5. The molecule has 1 fully saturated rings. The van der Waals surface area contributed by atoms with Crippen molar-refractivity contribution in [2.45, 2.75) is 32.6 Å². The average Bonchev–Trinajstić information content (AvgIpc) is 2.85. The Morgan fingerprint density at radius 1 is 1.09 bits per heavy atom. The summed E-state index contributed by atoms with van der Waals surface area (Å²) in [5, 5.41) is 3.25. The zero-order valence-corrected chi connectivity index (χ0v) is 20.4. The molecule has 182 valence electrons. The van der Waals surface area contributed by atoms with Gasteiger partial charge < -0.3 is 19.7 Å². The van der Waals surface area contributed by atoms with Crippen molar-refractivity contribution in [1.82, 2.24) is 10.2 Å². The van der Waals surface area contributed by atoms with Gasteiger partial charge in [-0.15, -0.1) is 0 Å². The normalized spacial score (nSPS) is 13.9. The average molecular weight is 487 g/mol. The van der Waals surface area contributed by atoms with Crippen LogP contribution in [-0.4, -0.2) is 56.0 Å². The molecule has 2 amide bonds. The van der Waals surface area contributed by atoms with Crippen LogP contribution in [0.15, 0.2) is 42.5 Å². The first-order valence-corrected chi connectivity index (χ1v) is 11.9. The second-order valence-corrected chi connectivity index (χ2v) is 8.85. The maximum absolute atomic E-state index is 12.9. The van der Waals surface area contributed by atoms with Crippen LogP contribution in [0.2, 0.25) is 5.02 Å². The minimum Gasteiger partial charge on any atom is -0.496 e. The Hall–Kier alpha value is -3.06. The van der Waals surface area contributed by atoms with E-state index in [2.05, 4.69) is 5.32 Å². The number of hydrogen-bond donors (Lipinski definition) is 1. The summed E-state index contributed by atoms with van der Waals surface area (Å²) >= 11 is 6.04. The maximum Gasteiger partial charge on any atom is 0.309 e. The molecule has 1 aliphatic rings. The van der Waals surface area contributed by atoms with Gasteiger partial charge in [0.25, 0.3) is 5.91 Å². The molecule has 0 radical (unpaired) electrons. The molecule has 0 aromatic heterocycles. The highest BCUT2D eigenvalue weighted by atomic mass is 35.5. The number of carbonyl (C=O) groups excluding carboxylic acids is 3. The van der Waals surface area contributed by atoms with Crippen molar-refractivity contribution in [2.75, 3.05) is 33.4 Å². The van der Waals surface area contributed by atoms with Crippen molar-refractivity contribution in [3.05, 3.63) is 64.2 Å². The molecule has 2 aromatic rings. The lowest BCUT2D eigenvalue weighted by Gasteiger charge is -2.31. The van der Waals surface area contributed by atoms with Crippen molar-refractivity contribution in [3.8, 4) is 5.75 Å². The van der Waals surface area contributed by atoms with Crippen LogP contribution < -0.4 is 10.1 Å². The van der Waals surface area contributed by atoms with Gasteiger partial charge in [0.05, 0.1) is 25.1 Å². The third-order valence-corrected chi connectivity index (χ3v) is 6.17. The first-order chi connectivity index (χ1) is 16.4. The third kappa shape index (κ3) is 7.22. The molecule has 1 N–H and O–H groups in total. The van der Waals surface area contributed by atoms with Gasteiger partial charge in [-0.3, -0.25) is 14.4 Å². The number of amides is 2. The number of likely N-dealkylation sites (tertiary alicyclic amines) is 1. The predicted octanol–water partition coefficient (Wildman–Crippen LogP) is 3.80. The van der Waals surface area contributed by atoms with Gasteiger partial charge >= 0.3 is 5.97 Å². The summed E-state index contributed by atoms with van der Waals surface area (Å²) in [5.41, 5.74) is 2.72. The number of methoxy groups -OCH3 is 1. The number of esters is 1. The SMILES string of the molecule is COc1ccc(Cl)cc1C(=O)N1CCC(C(=O)OCCNC(=O)CCc2ccc(C)cc2)CC1. The van der Waals surface area contributed by atoms with E-state index in [-0.39, 0.29) is 36.9 Å².